The minimum Gasteiger partial charge on any atom is -0.393 e. The van der Waals surface area contributed by atoms with Crippen LogP contribution in [0.3, 0.4) is 0 Å². The summed E-state index contributed by atoms with van der Waals surface area (Å²) in [7, 11) is 0. The lowest BCUT2D eigenvalue weighted by Crippen LogP contribution is -2.47. The summed E-state index contributed by atoms with van der Waals surface area (Å²) in [6, 6.07) is 0.0465. The van der Waals surface area contributed by atoms with Crippen molar-refractivity contribution in [3.05, 3.63) is 0 Å². The number of hydrogen-bond acceptors (Lipinski definition) is 3. The van der Waals surface area contributed by atoms with Gasteiger partial charge in [0.2, 0.25) is 5.91 Å². The SMILES string of the molecule is O=C(C1CCCN1)N1CCC(O)CC1. The Bertz CT molecular complexity index is 206. The molecule has 1 unspecified atom stereocenters. The predicted molar refractivity (Wildman–Crippen MR) is 52.8 cm³/mol. The van der Waals surface area contributed by atoms with Gasteiger partial charge in [0.25, 0.3) is 0 Å². The van der Waals surface area contributed by atoms with Crippen molar-refractivity contribution in [3.63, 3.8) is 0 Å². The van der Waals surface area contributed by atoms with Gasteiger partial charge in [-0.15, -0.1) is 0 Å². The van der Waals surface area contributed by atoms with Crippen LogP contribution in [-0.2, 0) is 4.79 Å². The van der Waals surface area contributed by atoms with Crippen molar-refractivity contribution in [2.24, 2.45) is 0 Å². The normalized spacial score (nSPS) is 29.5. The van der Waals surface area contributed by atoms with E-state index < -0.39 is 0 Å². The van der Waals surface area contributed by atoms with Crippen LogP contribution in [0, 0.1) is 0 Å². The molecule has 2 aliphatic rings. The van der Waals surface area contributed by atoms with Crippen LogP contribution in [0.15, 0.2) is 0 Å². The molecule has 0 aliphatic carbocycles. The summed E-state index contributed by atoms with van der Waals surface area (Å²) in [6.45, 7) is 2.41. The minimum absolute atomic E-state index is 0.0465. The maximum atomic E-state index is 11.9. The van der Waals surface area contributed by atoms with Gasteiger partial charge in [-0.25, -0.2) is 0 Å². The highest BCUT2D eigenvalue weighted by atomic mass is 16.3. The Kier molecular flexibility index (Phi) is 3.03. The first-order valence-corrected chi connectivity index (χ1v) is 5.47. The van der Waals surface area contributed by atoms with E-state index in [-0.39, 0.29) is 18.1 Å². The van der Waals surface area contributed by atoms with Crippen LogP contribution in [0.2, 0.25) is 0 Å². The second kappa shape index (κ2) is 4.28. The Balaban J connectivity index is 1.85. The third-order valence-corrected chi connectivity index (χ3v) is 3.13. The minimum atomic E-state index is -0.199. The number of aliphatic hydroxyl groups excluding tert-OH is 1. The van der Waals surface area contributed by atoms with E-state index in [1.807, 2.05) is 4.90 Å². The highest BCUT2D eigenvalue weighted by Crippen LogP contribution is 2.14. The molecule has 80 valence electrons. The van der Waals surface area contributed by atoms with Crippen LogP contribution < -0.4 is 5.32 Å². The van der Waals surface area contributed by atoms with Crippen molar-refractivity contribution in [3.8, 4) is 0 Å². The molecule has 2 aliphatic heterocycles. The van der Waals surface area contributed by atoms with Gasteiger partial charge in [-0.3, -0.25) is 4.79 Å². The molecule has 2 heterocycles. The van der Waals surface area contributed by atoms with E-state index in [1.54, 1.807) is 0 Å². The number of aliphatic hydroxyl groups is 1. The van der Waals surface area contributed by atoms with Gasteiger partial charge in [-0.2, -0.15) is 0 Å². The third kappa shape index (κ3) is 2.07. The van der Waals surface area contributed by atoms with Crippen molar-refractivity contribution in [1.82, 2.24) is 10.2 Å². The molecule has 4 heteroatoms. The molecule has 0 aromatic heterocycles. The number of piperidine rings is 1. The van der Waals surface area contributed by atoms with Crippen molar-refractivity contribution in [2.75, 3.05) is 19.6 Å². The zero-order valence-corrected chi connectivity index (χ0v) is 8.41. The molecule has 1 atom stereocenters. The zero-order valence-electron chi connectivity index (χ0n) is 8.41. The predicted octanol–water partition coefficient (Wildman–Crippen LogP) is -0.278. The number of hydrogen-bond donors (Lipinski definition) is 2. The fourth-order valence-corrected chi connectivity index (χ4v) is 2.20. The van der Waals surface area contributed by atoms with Crippen LogP contribution in [0.1, 0.15) is 25.7 Å². The molecule has 0 aromatic carbocycles. The van der Waals surface area contributed by atoms with E-state index in [1.165, 1.54) is 0 Å². The molecule has 2 rings (SSSR count). The summed E-state index contributed by atoms with van der Waals surface area (Å²) in [5.74, 6) is 0.231. The van der Waals surface area contributed by atoms with Gasteiger partial charge >= 0.3 is 0 Å². The lowest BCUT2D eigenvalue weighted by atomic mass is 10.1. The lowest BCUT2D eigenvalue weighted by Gasteiger charge is -2.31. The van der Waals surface area contributed by atoms with E-state index in [0.717, 1.165) is 45.3 Å². The summed E-state index contributed by atoms with van der Waals surface area (Å²) in [6.07, 6.45) is 3.34. The highest BCUT2D eigenvalue weighted by molar-refractivity contribution is 5.82. The Morgan fingerprint density at radius 3 is 2.57 bits per heavy atom. The zero-order chi connectivity index (χ0) is 9.97. The largest absolute Gasteiger partial charge is 0.393 e. The standard InChI is InChI=1S/C10H18N2O2/c13-8-3-6-12(7-4-8)10(14)9-2-1-5-11-9/h8-9,11,13H,1-7H2. The van der Waals surface area contributed by atoms with Gasteiger partial charge in [0, 0.05) is 13.1 Å². The second-order valence-corrected chi connectivity index (χ2v) is 4.21. The van der Waals surface area contributed by atoms with Gasteiger partial charge in [0.1, 0.15) is 0 Å². The van der Waals surface area contributed by atoms with Gasteiger partial charge < -0.3 is 15.3 Å². The number of rotatable bonds is 1. The highest BCUT2D eigenvalue weighted by Gasteiger charge is 2.28. The maximum Gasteiger partial charge on any atom is 0.239 e. The number of carbonyl (C=O) groups is 1. The van der Waals surface area contributed by atoms with Crippen LogP contribution in [0.25, 0.3) is 0 Å². The summed E-state index contributed by atoms with van der Waals surface area (Å²) >= 11 is 0. The van der Waals surface area contributed by atoms with Gasteiger partial charge in [0.05, 0.1) is 12.1 Å². The monoisotopic (exact) mass is 198 g/mol. The summed E-state index contributed by atoms with van der Waals surface area (Å²) < 4.78 is 0. The fraction of sp³-hybridized carbons (Fsp3) is 0.900. The molecular weight excluding hydrogens is 180 g/mol. The number of carbonyl (C=O) groups excluding carboxylic acids is 1. The topological polar surface area (TPSA) is 52.6 Å². The lowest BCUT2D eigenvalue weighted by molar-refractivity contribution is -0.135. The summed E-state index contributed by atoms with van der Waals surface area (Å²) in [4.78, 5) is 13.8. The Morgan fingerprint density at radius 2 is 2.00 bits per heavy atom. The number of amides is 1. The molecule has 1 amide bonds. The molecular formula is C10H18N2O2. The van der Waals surface area contributed by atoms with E-state index in [2.05, 4.69) is 5.32 Å². The molecule has 4 nitrogen and oxygen atoms in total. The summed E-state index contributed by atoms with van der Waals surface area (Å²) in [5.41, 5.74) is 0. The molecule has 2 N–H and O–H groups in total. The molecule has 0 aromatic rings. The maximum absolute atomic E-state index is 11.9. The van der Waals surface area contributed by atoms with Crippen molar-refractivity contribution >= 4 is 5.91 Å². The molecule has 2 fully saturated rings. The van der Waals surface area contributed by atoms with E-state index in [0.29, 0.717) is 0 Å². The molecule has 0 spiro atoms. The van der Waals surface area contributed by atoms with E-state index in [4.69, 9.17) is 0 Å². The molecule has 0 bridgehead atoms. The molecule has 0 radical (unpaired) electrons. The second-order valence-electron chi connectivity index (χ2n) is 4.21. The summed E-state index contributed by atoms with van der Waals surface area (Å²) in [5, 5.41) is 12.5. The van der Waals surface area contributed by atoms with Gasteiger partial charge in [-0.05, 0) is 32.2 Å². The van der Waals surface area contributed by atoms with Crippen molar-refractivity contribution in [2.45, 2.75) is 37.8 Å². The number of nitrogens with one attached hydrogen (secondary N) is 1. The van der Waals surface area contributed by atoms with Crippen molar-refractivity contribution < 1.29 is 9.90 Å². The Labute approximate surface area is 84.3 Å². The van der Waals surface area contributed by atoms with Crippen LogP contribution in [0.4, 0.5) is 0 Å². The first kappa shape index (κ1) is 9.93. The fourth-order valence-electron chi connectivity index (χ4n) is 2.20. The first-order chi connectivity index (χ1) is 6.77. The average Bonchev–Trinajstić information content (AvgIpc) is 2.71. The molecule has 2 saturated heterocycles. The van der Waals surface area contributed by atoms with Crippen LogP contribution in [0.5, 0.6) is 0 Å². The van der Waals surface area contributed by atoms with E-state index >= 15 is 0 Å². The molecule has 14 heavy (non-hydrogen) atoms. The number of nitrogens with zero attached hydrogens (tertiary/aromatic N) is 1. The van der Waals surface area contributed by atoms with E-state index in [9.17, 15) is 9.90 Å². The Hall–Kier alpha value is -0.610. The van der Waals surface area contributed by atoms with Crippen molar-refractivity contribution in [1.29, 1.82) is 0 Å². The smallest absolute Gasteiger partial charge is 0.239 e. The van der Waals surface area contributed by atoms with Crippen LogP contribution in [-0.4, -0.2) is 47.7 Å². The number of likely N-dealkylation sites (tertiary alicyclic amines) is 1. The quantitative estimate of drug-likeness (QED) is 0.609. The molecule has 0 saturated carbocycles. The van der Waals surface area contributed by atoms with Crippen LogP contribution >= 0.6 is 0 Å². The van der Waals surface area contributed by atoms with Gasteiger partial charge in [0.15, 0.2) is 0 Å². The third-order valence-electron chi connectivity index (χ3n) is 3.13. The average molecular weight is 198 g/mol. The Morgan fingerprint density at radius 1 is 1.29 bits per heavy atom. The first-order valence-electron chi connectivity index (χ1n) is 5.47. The van der Waals surface area contributed by atoms with Gasteiger partial charge in [-0.1, -0.05) is 0 Å².